The Morgan fingerprint density at radius 1 is 1.38 bits per heavy atom. The molecule has 110 valence electrons. The number of carbonyl (C=O) groups is 2. The predicted molar refractivity (Wildman–Crippen MR) is 70.7 cm³/mol. The lowest BCUT2D eigenvalue weighted by atomic mass is 9.81. The highest BCUT2D eigenvalue weighted by Crippen LogP contribution is 2.32. The van der Waals surface area contributed by atoms with Crippen LogP contribution in [-0.2, 0) is 9.53 Å². The van der Waals surface area contributed by atoms with Crippen molar-refractivity contribution in [2.75, 3.05) is 26.8 Å². The van der Waals surface area contributed by atoms with Gasteiger partial charge in [0.1, 0.15) is 17.8 Å². The molecule has 1 N–H and O–H groups in total. The molecule has 2 rings (SSSR count). The Labute approximate surface area is 121 Å². The molecule has 0 aliphatic carbocycles. The van der Waals surface area contributed by atoms with E-state index < -0.39 is 17.5 Å². The van der Waals surface area contributed by atoms with Crippen LogP contribution in [0.25, 0.3) is 0 Å². The number of esters is 1. The quantitative estimate of drug-likeness (QED) is 0.833. The molecule has 0 spiro atoms. The van der Waals surface area contributed by atoms with E-state index in [-0.39, 0.29) is 19.7 Å². The summed E-state index contributed by atoms with van der Waals surface area (Å²) in [5.41, 5.74) is -0.466. The van der Waals surface area contributed by atoms with Crippen molar-refractivity contribution >= 4 is 12.1 Å². The second-order valence-corrected chi connectivity index (χ2v) is 4.84. The number of carboxylic acid groups (broad SMARTS) is 1. The molecule has 0 unspecified atom stereocenters. The minimum atomic E-state index is -1.08. The van der Waals surface area contributed by atoms with E-state index in [1.807, 2.05) is 6.07 Å². The molecule has 7 heteroatoms. The Bertz CT molecular complexity index is 584. The largest absolute Gasteiger partial charge is 0.492 e. The van der Waals surface area contributed by atoms with Gasteiger partial charge in [0.05, 0.1) is 18.7 Å². The van der Waals surface area contributed by atoms with Crippen LogP contribution in [0.4, 0.5) is 4.79 Å². The van der Waals surface area contributed by atoms with Crippen molar-refractivity contribution in [1.29, 1.82) is 5.26 Å². The number of hydrogen-bond acceptors (Lipinski definition) is 5. The van der Waals surface area contributed by atoms with Gasteiger partial charge in [0, 0.05) is 13.1 Å². The van der Waals surface area contributed by atoms with Gasteiger partial charge in [-0.3, -0.25) is 4.79 Å². The molecule has 1 fully saturated rings. The maximum absolute atomic E-state index is 11.8. The molecule has 0 aromatic heterocycles. The fraction of sp³-hybridized carbons (Fsp3) is 0.357. The average molecular weight is 290 g/mol. The first kappa shape index (κ1) is 14.7. The minimum absolute atomic E-state index is 0.0232. The maximum Gasteiger partial charge on any atom is 0.407 e. The topological polar surface area (TPSA) is 99.9 Å². The predicted octanol–water partition coefficient (Wildman–Crippen LogP) is 1.09. The molecule has 1 amide bonds. The highest BCUT2D eigenvalue weighted by molar-refractivity contribution is 5.81. The van der Waals surface area contributed by atoms with Gasteiger partial charge in [-0.25, -0.2) is 4.79 Å². The number of rotatable bonds is 4. The lowest BCUT2D eigenvalue weighted by molar-refractivity contribution is -0.165. The van der Waals surface area contributed by atoms with E-state index >= 15 is 0 Å². The summed E-state index contributed by atoms with van der Waals surface area (Å²) in [7, 11) is 1.26. The molecule has 1 aromatic rings. The van der Waals surface area contributed by atoms with Crippen molar-refractivity contribution < 1.29 is 24.2 Å². The first-order chi connectivity index (χ1) is 10.0. The lowest BCUT2D eigenvalue weighted by Crippen LogP contribution is -2.64. The molecular formula is C14H14N2O5. The molecular weight excluding hydrogens is 276 g/mol. The van der Waals surface area contributed by atoms with Crippen LogP contribution in [0.15, 0.2) is 24.3 Å². The van der Waals surface area contributed by atoms with Crippen LogP contribution in [-0.4, -0.2) is 48.9 Å². The number of amides is 1. The molecule has 1 heterocycles. The summed E-state index contributed by atoms with van der Waals surface area (Å²) >= 11 is 0. The zero-order chi connectivity index (χ0) is 15.5. The van der Waals surface area contributed by atoms with Crippen LogP contribution in [0.2, 0.25) is 0 Å². The Kier molecular flexibility index (Phi) is 3.98. The third-order valence-corrected chi connectivity index (χ3v) is 3.37. The molecule has 1 saturated heterocycles. The summed E-state index contributed by atoms with van der Waals surface area (Å²) in [5.74, 6) is 0.0136. The van der Waals surface area contributed by atoms with Crippen LogP contribution in [0.5, 0.6) is 5.75 Å². The number of hydrogen-bond donors (Lipinski definition) is 1. The highest BCUT2D eigenvalue weighted by atomic mass is 16.5. The Morgan fingerprint density at radius 2 is 2.00 bits per heavy atom. The molecule has 1 aromatic carbocycles. The van der Waals surface area contributed by atoms with E-state index in [0.29, 0.717) is 11.3 Å². The monoisotopic (exact) mass is 290 g/mol. The molecule has 1 aliphatic heterocycles. The summed E-state index contributed by atoms with van der Waals surface area (Å²) in [4.78, 5) is 23.8. The highest BCUT2D eigenvalue weighted by Gasteiger charge is 2.53. The van der Waals surface area contributed by atoms with Crippen molar-refractivity contribution in [2.45, 2.75) is 0 Å². The lowest BCUT2D eigenvalue weighted by Gasteiger charge is -2.45. The molecule has 0 bridgehead atoms. The third-order valence-electron chi connectivity index (χ3n) is 3.37. The van der Waals surface area contributed by atoms with Crippen molar-refractivity contribution in [3.8, 4) is 11.8 Å². The standard InChI is InChI=1S/C14H14N2O5/c1-20-12(17)14(7-16(8-14)13(18)19)9-21-11-4-2-10(6-15)3-5-11/h2-5H,7-9H2,1H3,(H,18,19). The first-order valence-electron chi connectivity index (χ1n) is 6.20. The summed E-state index contributed by atoms with van der Waals surface area (Å²) in [6.45, 7) is 0.117. The van der Waals surface area contributed by atoms with Crippen LogP contribution in [0.1, 0.15) is 5.56 Å². The van der Waals surface area contributed by atoms with E-state index in [4.69, 9.17) is 19.8 Å². The van der Waals surface area contributed by atoms with E-state index in [1.165, 1.54) is 7.11 Å². The van der Waals surface area contributed by atoms with Crippen molar-refractivity contribution in [3.05, 3.63) is 29.8 Å². The van der Waals surface area contributed by atoms with Crippen molar-refractivity contribution in [3.63, 3.8) is 0 Å². The number of likely N-dealkylation sites (tertiary alicyclic amines) is 1. The van der Waals surface area contributed by atoms with Gasteiger partial charge >= 0.3 is 12.1 Å². The molecule has 21 heavy (non-hydrogen) atoms. The first-order valence-corrected chi connectivity index (χ1v) is 6.20. The third kappa shape index (κ3) is 2.89. The normalized spacial score (nSPS) is 15.5. The van der Waals surface area contributed by atoms with Gasteiger partial charge in [0.2, 0.25) is 0 Å². The summed E-state index contributed by atoms with van der Waals surface area (Å²) in [6.07, 6.45) is -1.08. The molecule has 0 atom stereocenters. The van der Waals surface area contributed by atoms with E-state index in [0.717, 1.165) is 4.90 Å². The second kappa shape index (κ2) is 5.71. The fourth-order valence-electron chi connectivity index (χ4n) is 2.16. The number of carbonyl (C=O) groups excluding carboxylic acids is 1. The number of nitriles is 1. The smallest absolute Gasteiger partial charge is 0.407 e. The molecule has 0 radical (unpaired) electrons. The maximum atomic E-state index is 11.8. The second-order valence-electron chi connectivity index (χ2n) is 4.84. The Hall–Kier alpha value is -2.75. The van der Waals surface area contributed by atoms with Gasteiger partial charge in [0.25, 0.3) is 0 Å². The number of ether oxygens (including phenoxy) is 2. The van der Waals surface area contributed by atoms with Gasteiger partial charge in [-0.05, 0) is 24.3 Å². The zero-order valence-electron chi connectivity index (χ0n) is 11.4. The summed E-state index contributed by atoms with van der Waals surface area (Å²) < 4.78 is 10.3. The van der Waals surface area contributed by atoms with E-state index in [9.17, 15) is 9.59 Å². The summed E-state index contributed by atoms with van der Waals surface area (Å²) in [5, 5.41) is 17.6. The minimum Gasteiger partial charge on any atom is -0.492 e. The van der Waals surface area contributed by atoms with E-state index in [1.54, 1.807) is 24.3 Å². The van der Waals surface area contributed by atoms with Gasteiger partial charge in [0.15, 0.2) is 0 Å². The molecule has 1 aliphatic rings. The van der Waals surface area contributed by atoms with Crippen LogP contribution in [0, 0.1) is 16.7 Å². The van der Waals surface area contributed by atoms with Gasteiger partial charge in [-0.1, -0.05) is 0 Å². The SMILES string of the molecule is COC(=O)C1(COc2ccc(C#N)cc2)CN(C(=O)O)C1. The Morgan fingerprint density at radius 3 is 2.48 bits per heavy atom. The van der Waals surface area contributed by atoms with Crippen molar-refractivity contribution in [2.24, 2.45) is 5.41 Å². The van der Waals surface area contributed by atoms with Crippen molar-refractivity contribution in [1.82, 2.24) is 4.90 Å². The number of methoxy groups -OCH3 is 1. The molecule has 0 saturated carbocycles. The average Bonchev–Trinajstić information content (AvgIpc) is 2.45. The van der Waals surface area contributed by atoms with Crippen LogP contribution in [0.3, 0.4) is 0 Å². The summed E-state index contributed by atoms with van der Waals surface area (Å²) in [6, 6.07) is 8.44. The number of nitrogens with zero attached hydrogens (tertiary/aromatic N) is 2. The van der Waals surface area contributed by atoms with Gasteiger partial charge < -0.3 is 19.5 Å². The van der Waals surface area contributed by atoms with Gasteiger partial charge in [-0.15, -0.1) is 0 Å². The number of benzene rings is 1. The van der Waals surface area contributed by atoms with Crippen LogP contribution < -0.4 is 4.74 Å². The van der Waals surface area contributed by atoms with Gasteiger partial charge in [-0.2, -0.15) is 5.26 Å². The molecule has 7 nitrogen and oxygen atoms in total. The fourth-order valence-corrected chi connectivity index (χ4v) is 2.16. The zero-order valence-corrected chi connectivity index (χ0v) is 11.4. The Balaban J connectivity index is 2.02. The van der Waals surface area contributed by atoms with Crippen LogP contribution >= 0.6 is 0 Å². The van der Waals surface area contributed by atoms with E-state index in [2.05, 4.69) is 0 Å².